The number of hydrogen-bond donors (Lipinski definition) is 1. The highest BCUT2D eigenvalue weighted by atomic mass is 16.5. The maximum atomic E-state index is 12.3. The van der Waals surface area contributed by atoms with E-state index >= 15 is 0 Å². The molecule has 2 aromatic rings. The minimum absolute atomic E-state index is 0.162. The fraction of sp³-hybridized carbons (Fsp3) is 0.318. The number of ether oxygens (including phenoxy) is 2. The van der Waals surface area contributed by atoms with E-state index in [1.807, 2.05) is 43.3 Å². The van der Waals surface area contributed by atoms with Gasteiger partial charge in [-0.05, 0) is 29.8 Å². The minimum atomic E-state index is -0.662. The quantitative estimate of drug-likeness (QED) is 0.698. The van der Waals surface area contributed by atoms with Crippen molar-refractivity contribution in [1.29, 1.82) is 0 Å². The van der Waals surface area contributed by atoms with Gasteiger partial charge in [-0.25, -0.2) is 0 Å². The Morgan fingerprint density at radius 2 is 1.87 bits per heavy atom. The van der Waals surface area contributed by atoms with Crippen LogP contribution in [-0.2, 0) is 25.7 Å². The molecule has 0 aromatic heterocycles. The van der Waals surface area contributed by atoms with Crippen LogP contribution in [0.25, 0.3) is 0 Å². The number of nitrogens with one attached hydrogen (secondary N) is 1. The molecule has 8 nitrogen and oxygen atoms in total. The number of esters is 1. The fourth-order valence-electron chi connectivity index (χ4n) is 2.98. The number of hydrogen-bond acceptors (Lipinski definition) is 6. The Balaban J connectivity index is 1.48. The van der Waals surface area contributed by atoms with Crippen molar-refractivity contribution < 1.29 is 23.9 Å². The van der Waals surface area contributed by atoms with Gasteiger partial charge in [0.25, 0.3) is 5.91 Å². The Hall–Kier alpha value is -3.55. The van der Waals surface area contributed by atoms with Crippen LogP contribution in [-0.4, -0.2) is 51.6 Å². The molecule has 0 atom stereocenters. The molecule has 2 amide bonds. The van der Waals surface area contributed by atoms with Gasteiger partial charge in [-0.15, -0.1) is 0 Å². The van der Waals surface area contributed by atoms with E-state index < -0.39 is 18.5 Å². The molecular formula is C22H25N3O5. The molecule has 1 heterocycles. The van der Waals surface area contributed by atoms with Crippen LogP contribution in [0.3, 0.4) is 0 Å². The average molecular weight is 411 g/mol. The van der Waals surface area contributed by atoms with Crippen molar-refractivity contribution in [1.82, 2.24) is 5.32 Å². The lowest BCUT2D eigenvalue weighted by Crippen LogP contribution is -2.37. The van der Waals surface area contributed by atoms with Crippen molar-refractivity contribution in [2.45, 2.75) is 13.0 Å². The minimum Gasteiger partial charge on any atom is -0.491 e. The highest BCUT2D eigenvalue weighted by Gasteiger charge is 2.25. The summed E-state index contributed by atoms with van der Waals surface area (Å²) in [7, 11) is 3.91. The SMILES string of the molecule is CN(C)c1ccc(CNC(=O)COC(=O)CN2C(=O)CCOc3ccccc32)cc1. The van der Waals surface area contributed by atoms with E-state index in [9.17, 15) is 14.4 Å². The predicted octanol–water partition coefficient (Wildman–Crippen LogP) is 1.73. The second-order valence-electron chi connectivity index (χ2n) is 7.04. The summed E-state index contributed by atoms with van der Waals surface area (Å²) >= 11 is 0. The Morgan fingerprint density at radius 3 is 2.60 bits per heavy atom. The van der Waals surface area contributed by atoms with Crippen molar-refractivity contribution in [2.75, 3.05) is 43.7 Å². The number of carbonyl (C=O) groups excluding carboxylic acids is 3. The predicted molar refractivity (Wildman–Crippen MR) is 112 cm³/mol. The first kappa shape index (κ1) is 21.2. The fourth-order valence-corrected chi connectivity index (χ4v) is 2.98. The maximum absolute atomic E-state index is 12.3. The standard InChI is InChI=1S/C22H25N3O5/c1-24(2)17-9-7-16(8-10-17)13-23-20(26)15-30-22(28)14-25-18-5-3-4-6-19(18)29-12-11-21(25)27/h3-10H,11-15H2,1-2H3,(H,23,26). The van der Waals surface area contributed by atoms with Crippen LogP contribution >= 0.6 is 0 Å². The monoisotopic (exact) mass is 411 g/mol. The highest BCUT2D eigenvalue weighted by Crippen LogP contribution is 2.30. The van der Waals surface area contributed by atoms with Gasteiger partial charge in [-0.2, -0.15) is 0 Å². The molecular weight excluding hydrogens is 386 g/mol. The van der Waals surface area contributed by atoms with Gasteiger partial charge in [0.15, 0.2) is 6.61 Å². The van der Waals surface area contributed by atoms with Gasteiger partial charge in [-0.3, -0.25) is 19.3 Å². The number of benzene rings is 2. The van der Waals surface area contributed by atoms with Crippen molar-refractivity contribution >= 4 is 29.2 Å². The molecule has 158 valence electrons. The van der Waals surface area contributed by atoms with Crippen LogP contribution < -0.4 is 19.9 Å². The molecule has 3 rings (SSSR count). The third-order valence-electron chi connectivity index (χ3n) is 4.62. The van der Waals surface area contributed by atoms with E-state index in [0.717, 1.165) is 11.3 Å². The van der Waals surface area contributed by atoms with Crippen molar-refractivity contribution in [3.8, 4) is 5.75 Å². The summed E-state index contributed by atoms with van der Waals surface area (Å²) in [6.07, 6.45) is 0.162. The first-order chi connectivity index (χ1) is 14.4. The first-order valence-electron chi connectivity index (χ1n) is 9.65. The molecule has 1 aliphatic rings. The summed E-state index contributed by atoms with van der Waals surface area (Å²) in [5, 5.41) is 2.71. The van der Waals surface area contributed by atoms with Crippen LogP contribution in [0.4, 0.5) is 11.4 Å². The van der Waals surface area contributed by atoms with E-state index in [4.69, 9.17) is 9.47 Å². The zero-order valence-corrected chi connectivity index (χ0v) is 17.1. The van der Waals surface area contributed by atoms with Crippen LogP contribution in [0.1, 0.15) is 12.0 Å². The van der Waals surface area contributed by atoms with Gasteiger partial charge in [0.2, 0.25) is 5.91 Å². The molecule has 0 aliphatic carbocycles. The van der Waals surface area contributed by atoms with E-state index in [0.29, 0.717) is 18.0 Å². The van der Waals surface area contributed by atoms with Crippen molar-refractivity contribution in [3.05, 3.63) is 54.1 Å². The number of carbonyl (C=O) groups is 3. The van der Waals surface area contributed by atoms with E-state index in [2.05, 4.69) is 5.32 Å². The Morgan fingerprint density at radius 1 is 1.13 bits per heavy atom. The van der Waals surface area contributed by atoms with Gasteiger partial charge in [-0.1, -0.05) is 24.3 Å². The number of nitrogens with zero attached hydrogens (tertiary/aromatic N) is 2. The normalized spacial score (nSPS) is 13.0. The molecule has 2 aromatic carbocycles. The van der Waals surface area contributed by atoms with Crippen LogP contribution in [0.5, 0.6) is 5.75 Å². The molecule has 1 aliphatic heterocycles. The van der Waals surface area contributed by atoms with E-state index in [1.165, 1.54) is 4.90 Å². The third kappa shape index (κ3) is 5.50. The Bertz CT molecular complexity index is 911. The topological polar surface area (TPSA) is 88.2 Å². The zero-order valence-electron chi connectivity index (χ0n) is 17.1. The Labute approximate surface area is 175 Å². The summed E-state index contributed by atoms with van der Waals surface area (Å²) in [5.74, 6) is -0.770. The number of anilines is 2. The molecule has 0 saturated carbocycles. The molecule has 0 saturated heterocycles. The van der Waals surface area contributed by atoms with Crippen LogP contribution in [0, 0.1) is 0 Å². The smallest absolute Gasteiger partial charge is 0.326 e. The lowest BCUT2D eigenvalue weighted by atomic mass is 10.2. The third-order valence-corrected chi connectivity index (χ3v) is 4.62. The molecule has 0 bridgehead atoms. The van der Waals surface area contributed by atoms with Gasteiger partial charge >= 0.3 is 5.97 Å². The van der Waals surface area contributed by atoms with Crippen molar-refractivity contribution in [2.24, 2.45) is 0 Å². The second kappa shape index (κ2) is 9.78. The summed E-state index contributed by atoms with van der Waals surface area (Å²) in [6, 6.07) is 14.8. The summed E-state index contributed by atoms with van der Waals surface area (Å²) in [4.78, 5) is 39.9. The molecule has 0 fully saturated rings. The lowest BCUT2D eigenvalue weighted by molar-refractivity contribution is -0.147. The number of fused-ring (bicyclic) bond motifs is 1. The first-order valence-corrected chi connectivity index (χ1v) is 9.65. The zero-order chi connectivity index (χ0) is 21.5. The number of amides is 2. The lowest BCUT2D eigenvalue weighted by Gasteiger charge is -2.20. The number of para-hydroxylation sites is 2. The highest BCUT2D eigenvalue weighted by molar-refractivity contribution is 5.99. The van der Waals surface area contributed by atoms with Crippen LogP contribution in [0.2, 0.25) is 0 Å². The Kier molecular flexibility index (Phi) is 6.90. The van der Waals surface area contributed by atoms with E-state index in [1.54, 1.807) is 24.3 Å². The summed E-state index contributed by atoms with van der Waals surface area (Å²) < 4.78 is 10.6. The van der Waals surface area contributed by atoms with Gasteiger partial charge in [0, 0.05) is 26.3 Å². The van der Waals surface area contributed by atoms with Crippen LogP contribution in [0.15, 0.2) is 48.5 Å². The molecule has 0 radical (unpaired) electrons. The molecule has 8 heteroatoms. The van der Waals surface area contributed by atoms with Gasteiger partial charge in [0.1, 0.15) is 12.3 Å². The second-order valence-corrected chi connectivity index (χ2v) is 7.04. The molecule has 1 N–H and O–H groups in total. The molecule has 30 heavy (non-hydrogen) atoms. The van der Waals surface area contributed by atoms with Crippen molar-refractivity contribution in [3.63, 3.8) is 0 Å². The number of rotatable bonds is 7. The summed E-state index contributed by atoms with van der Waals surface area (Å²) in [5.41, 5.74) is 2.52. The largest absolute Gasteiger partial charge is 0.491 e. The van der Waals surface area contributed by atoms with Gasteiger partial charge in [0.05, 0.1) is 18.7 Å². The average Bonchev–Trinajstić information content (AvgIpc) is 2.90. The van der Waals surface area contributed by atoms with Gasteiger partial charge < -0.3 is 19.7 Å². The maximum Gasteiger partial charge on any atom is 0.326 e. The molecule has 0 spiro atoms. The van der Waals surface area contributed by atoms with E-state index in [-0.39, 0.29) is 25.5 Å². The molecule has 0 unspecified atom stereocenters. The summed E-state index contributed by atoms with van der Waals surface area (Å²) in [6.45, 7) is -0.105.